The number of aryl methyl sites for hydroxylation is 3. The van der Waals surface area contributed by atoms with E-state index in [0.717, 1.165) is 103 Å². The van der Waals surface area contributed by atoms with Gasteiger partial charge in [0.25, 0.3) is 0 Å². The molecule has 228 valence electrons. The summed E-state index contributed by atoms with van der Waals surface area (Å²) in [6.45, 7) is 8.82. The monoisotopic (exact) mass is 614 g/mol. The maximum atomic E-state index is 5.66. The summed E-state index contributed by atoms with van der Waals surface area (Å²) in [4.78, 5) is 15.0. The van der Waals surface area contributed by atoms with E-state index in [1.807, 2.05) is 12.1 Å². The zero-order chi connectivity index (χ0) is 29.6. The van der Waals surface area contributed by atoms with Crippen LogP contribution in [0.15, 0.2) is 12.1 Å². The molecule has 2 aromatic heterocycles. The lowest BCUT2D eigenvalue weighted by Gasteiger charge is -2.21. The van der Waals surface area contributed by atoms with Crippen LogP contribution < -0.4 is 23.7 Å². The van der Waals surface area contributed by atoms with Crippen LogP contribution in [0.1, 0.15) is 34.8 Å². The van der Waals surface area contributed by atoms with E-state index < -0.39 is 0 Å². The second kappa shape index (κ2) is 14.1. The van der Waals surface area contributed by atoms with Gasteiger partial charge in [-0.25, -0.2) is 9.97 Å². The van der Waals surface area contributed by atoms with Gasteiger partial charge < -0.3 is 33.5 Å². The van der Waals surface area contributed by atoms with E-state index in [9.17, 15) is 0 Å². The Morgan fingerprint density at radius 1 is 0.643 bits per heavy atom. The molecule has 1 aliphatic heterocycles. The molecule has 0 spiro atoms. The molecule has 1 fully saturated rings. The first-order valence-electron chi connectivity index (χ1n) is 14.5. The highest BCUT2D eigenvalue weighted by Gasteiger charge is 2.20. The number of methoxy groups -OCH3 is 5. The van der Waals surface area contributed by atoms with E-state index >= 15 is 0 Å². The normalized spacial score (nSPS) is 14.8. The van der Waals surface area contributed by atoms with Crippen molar-refractivity contribution in [2.24, 2.45) is 0 Å². The Morgan fingerprint density at radius 3 is 1.67 bits per heavy atom. The minimum atomic E-state index is 0.619. The van der Waals surface area contributed by atoms with Crippen LogP contribution in [0.5, 0.6) is 28.7 Å². The molecule has 0 saturated carbocycles. The Labute approximate surface area is 256 Å². The highest BCUT2D eigenvalue weighted by atomic mass is 32.1. The lowest BCUT2D eigenvalue weighted by atomic mass is 10.2. The minimum Gasteiger partial charge on any atom is -0.493 e. The van der Waals surface area contributed by atoms with Crippen LogP contribution in [0, 0.1) is 6.92 Å². The number of hydrogen-bond donors (Lipinski definition) is 0. The molecule has 0 N–H and O–H groups in total. The van der Waals surface area contributed by atoms with Crippen molar-refractivity contribution in [2.45, 2.75) is 39.0 Å². The average Bonchev–Trinajstić information content (AvgIpc) is 3.53. The number of fused-ring (bicyclic) bond motifs is 2. The Balaban J connectivity index is 1.09. The van der Waals surface area contributed by atoms with Crippen LogP contribution in [0.25, 0.3) is 20.4 Å². The Morgan fingerprint density at radius 2 is 1.14 bits per heavy atom. The summed E-state index contributed by atoms with van der Waals surface area (Å²) in [6.07, 6.45) is 5.35. The van der Waals surface area contributed by atoms with Gasteiger partial charge >= 0.3 is 0 Å². The molecule has 42 heavy (non-hydrogen) atoms. The summed E-state index contributed by atoms with van der Waals surface area (Å²) < 4.78 is 30.0. The van der Waals surface area contributed by atoms with Gasteiger partial charge in [0, 0.05) is 43.6 Å². The molecule has 1 aliphatic rings. The summed E-state index contributed by atoms with van der Waals surface area (Å²) in [5.41, 5.74) is 3.00. The van der Waals surface area contributed by atoms with Crippen LogP contribution in [-0.2, 0) is 12.8 Å². The largest absolute Gasteiger partial charge is 0.493 e. The Bertz CT molecular complexity index is 1500. The zero-order valence-corrected chi connectivity index (χ0v) is 27.2. The summed E-state index contributed by atoms with van der Waals surface area (Å²) >= 11 is 3.47. The van der Waals surface area contributed by atoms with E-state index in [2.05, 4.69) is 16.7 Å². The van der Waals surface area contributed by atoms with Crippen molar-refractivity contribution in [3.63, 3.8) is 0 Å². The SMILES string of the molecule is COc1cc2nc(CCCN3CCCN(CCCc4nc5cc(OC)c(OC)c(OC)c5s4)CC3)sc2c(C)c1OC. The van der Waals surface area contributed by atoms with E-state index in [4.69, 9.17) is 33.7 Å². The lowest BCUT2D eigenvalue weighted by molar-refractivity contribution is 0.253. The molecule has 0 amide bonds. The number of ether oxygens (including phenoxy) is 5. The fourth-order valence-electron chi connectivity index (χ4n) is 5.79. The molecule has 3 heterocycles. The van der Waals surface area contributed by atoms with Crippen molar-refractivity contribution in [3.8, 4) is 28.7 Å². The highest BCUT2D eigenvalue weighted by Crippen LogP contribution is 2.45. The molecule has 1 saturated heterocycles. The van der Waals surface area contributed by atoms with Gasteiger partial charge in [-0.05, 0) is 52.4 Å². The first-order chi connectivity index (χ1) is 20.5. The second-order valence-corrected chi connectivity index (χ2v) is 12.7. The molecule has 0 unspecified atom stereocenters. The number of benzene rings is 2. The molecule has 11 heteroatoms. The second-order valence-electron chi connectivity index (χ2n) is 10.5. The van der Waals surface area contributed by atoms with Crippen molar-refractivity contribution < 1.29 is 23.7 Å². The maximum Gasteiger partial charge on any atom is 0.204 e. The third-order valence-corrected chi connectivity index (χ3v) is 10.3. The van der Waals surface area contributed by atoms with E-state index in [-0.39, 0.29) is 0 Å². The van der Waals surface area contributed by atoms with Crippen molar-refractivity contribution in [1.82, 2.24) is 19.8 Å². The number of aromatic nitrogens is 2. The van der Waals surface area contributed by atoms with Gasteiger partial charge in [-0.15, -0.1) is 22.7 Å². The quantitative estimate of drug-likeness (QED) is 0.185. The van der Waals surface area contributed by atoms with Crippen molar-refractivity contribution in [2.75, 3.05) is 74.8 Å². The summed E-state index contributed by atoms with van der Waals surface area (Å²) in [7, 11) is 8.30. The van der Waals surface area contributed by atoms with Gasteiger partial charge in [0.2, 0.25) is 5.75 Å². The van der Waals surface area contributed by atoms with Crippen LogP contribution in [-0.4, -0.2) is 94.6 Å². The van der Waals surface area contributed by atoms with Crippen LogP contribution in [0.3, 0.4) is 0 Å². The van der Waals surface area contributed by atoms with Gasteiger partial charge in [0.15, 0.2) is 23.0 Å². The predicted molar refractivity (Wildman–Crippen MR) is 171 cm³/mol. The molecule has 0 bridgehead atoms. The van der Waals surface area contributed by atoms with Crippen LogP contribution in [0.4, 0.5) is 0 Å². The Kier molecular flexibility index (Phi) is 10.3. The van der Waals surface area contributed by atoms with Crippen LogP contribution in [0.2, 0.25) is 0 Å². The van der Waals surface area contributed by atoms with Crippen molar-refractivity contribution >= 4 is 43.1 Å². The zero-order valence-electron chi connectivity index (χ0n) is 25.6. The first kappa shape index (κ1) is 30.6. The summed E-state index contributed by atoms with van der Waals surface area (Å²) in [5.74, 6) is 3.51. The number of rotatable bonds is 13. The number of thiazole rings is 2. The predicted octanol–water partition coefficient (Wildman–Crippen LogP) is 5.83. The van der Waals surface area contributed by atoms with E-state index in [0.29, 0.717) is 17.2 Å². The fourth-order valence-corrected chi connectivity index (χ4v) is 7.98. The summed E-state index contributed by atoms with van der Waals surface area (Å²) in [6, 6.07) is 3.93. The number of nitrogens with zero attached hydrogens (tertiary/aromatic N) is 4. The maximum absolute atomic E-state index is 5.66. The standard InChI is InChI=1S/C31H42N4O5S2/c1-20-27(38-4)23(36-2)18-21-30(20)41-25(32-21)10-7-12-34-14-9-15-35(17-16-34)13-8-11-26-33-22-19-24(37-3)28(39-5)29(40-6)31(22)42-26/h18-19H,7-17H2,1-6H3. The van der Waals surface area contributed by atoms with Gasteiger partial charge in [0.05, 0.1) is 61.3 Å². The molecule has 4 aromatic rings. The average molecular weight is 615 g/mol. The van der Waals surface area contributed by atoms with Gasteiger partial charge in [-0.1, -0.05) is 0 Å². The van der Waals surface area contributed by atoms with Crippen LogP contribution >= 0.6 is 22.7 Å². The third-order valence-electron chi connectivity index (χ3n) is 7.94. The van der Waals surface area contributed by atoms with Gasteiger partial charge in [-0.2, -0.15) is 0 Å². The van der Waals surface area contributed by atoms with Crippen molar-refractivity contribution in [3.05, 3.63) is 27.7 Å². The molecular weight excluding hydrogens is 572 g/mol. The molecular formula is C31H42N4O5S2. The number of hydrogen-bond acceptors (Lipinski definition) is 11. The summed E-state index contributed by atoms with van der Waals surface area (Å²) in [5, 5.41) is 2.31. The molecule has 2 aromatic carbocycles. The van der Waals surface area contributed by atoms with E-state index in [1.165, 1.54) is 16.1 Å². The highest BCUT2D eigenvalue weighted by molar-refractivity contribution is 7.19. The molecule has 5 rings (SSSR count). The lowest BCUT2D eigenvalue weighted by Crippen LogP contribution is -2.32. The minimum absolute atomic E-state index is 0.619. The molecule has 0 atom stereocenters. The van der Waals surface area contributed by atoms with Gasteiger partial charge in [-0.3, -0.25) is 0 Å². The topological polar surface area (TPSA) is 78.4 Å². The van der Waals surface area contributed by atoms with Crippen molar-refractivity contribution in [1.29, 1.82) is 0 Å². The fraction of sp³-hybridized carbons (Fsp3) is 0.548. The van der Waals surface area contributed by atoms with Gasteiger partial charge in [0.1, 0.15) is 4.70 Å². The molecule has 9 nitrogen and oxygen atoms in total. The first-order valence-corrected chi connectivity index (χ1v) is 16.2. The smallest absolute Gasteiger partial charge is 0.204 e. The third kappa shape index (κ3) is 6.54. The molecule has 0 radical (unpaired) electrons. The molecule has 0 aliphatic carbocycles. The Hall–Kier alpha value is -2.86. The van der Waals surface area contributed by atoms with E-state index in [1.54, 1.807) is 58.2 Å².